The van der Waals surface area contributed by atoms with Crippen LogP contribution in [-0.2, 0) is 13.0 Å². The van der Waals surface area contributed by atoms with E-state index in [2.05, 4.69) is 15.6 Å². The Morgan fingerprint density at radius 2 is 2.19 bits per heavy atom. The number of fused-ring (bicyclic) bond motifs is 1. The highest BCUT2D eigenvalue weighted by molar-refractivity contribution is 5.92. The van der Waals surface area contributed by atoms with Crippen molar-refractivity contribution in [1.82, 2.24) is 20.3 Å². The lowest BCUT2D eigenvalue weighted by atomic mass is 9.87. The number of carbonyl (C=O) groups is 1. The summed E-state index contributed by atoms with van der Waals surface area (Å²) < 4.78 is 14.8. The van der Waals surface area contributed by atoms with Crippen LogP contribution < -0.4 is 11.1 Å². The minimum atomic E-state index is -0.304. The van der Waals surface area contributed by atoms with Gasteiger partial charge in [0.2, 0.25) is 0 Å². The van der Waals surface area contributed by atoms with Gasteiger partial charge in [-0.3, -0.25) is 4.79 Å². The minimum Gasteiger partial charge on any atom is -0.399 e. The van der Waals surface area contributed by atoms with Crippen LogP contribution in [0.2, 0.25) is 0 Å². The average Bonchev–Trinajstić information content (AvgIpc) is 3.10. The SMILES string of the molecule is Nc1ccc2c(c1)CCCC2NC(=O)c1cn(Cc2cccc(F)c2)nn1. The van der Waals surface area contributed by atoms with Gasteiger partial charge in [0.05, 0.1) is 18.8 Å². The monoisotopic (exact) mass is 365 g/mol. The van der Waals surface area contributed by atoms with Crippen molar-refractivity contribution in [3.05, 3.63) is 76.9 Å². The number of anilines is 1. The third-order valence-electron chi connectivity index (χ3n) is 4.79. The first-order valence-corrected chi connectivity index (χ1v) is 8.92. The maximum absolute atomic E-state index is 13.3. The van der Waals surface area contributed by atoms with Gasteiger partial charge in [0.15, 0.2) is 5.69 Å². The van der Waals surface area contributed by atoms with Gasteiger partial charge in [-0.2, -0.15) is 0 Å². The molecule has 1 amide bonds. The number of amides is 1. The quantitative estimate of drug-likeness (QED) is 0.696. The zero-order valence-electron chi connectivity index (χ0n) is 14.7. The molecule has 0 saturated heterocycles. The Morgan fingerprint density at radius 1 is 1.30 bits per heavy atom. The molecule has 138 valence electrons. The first kappa shape index (κ1) is 17.2. The summed E-state index contributed by atoms with van der Waals surface area (Å²) in [5.74, 6) is -0.572. The summed E-state index contributed by atoms with van der Waals surface area (Å²) in [5, 5.41) is 11.0. The molecule has 27 heavy (non-hydrogen) atoms. The van der Waals surface area contributed by atoms with Crippen molar-refractivity contribution in [3.8, 4) is 0 Å². The highest BCUT2D eigenvalue weighted by Gasteiger charge is 2.23. The van der Waals surface area contributed by atoms with E-state index in [1.807, 2.05) is 18.2 Å². The number of hydrogen-bond acceptors (Lipinski definition) is 4. The molecular weight excluding hydrogens is 345 g/mol. The normalized spacial score (nSPS) is 16.0. The summed E-state index contributed by atoms with van der Waals surface area (Å²) in [6.07, 6.45) is 4.41. The van der Waals surface area contributed by atoms with E-state index >= 15 is 0 Å². The van der Waals surface area contributed by atoms with E-state index in [0.29, 0.717) is 6.54 Å². The van der Waals surface area contributed by atoms with Gasteiger partial charge in [0.25, 0.3) is 5.91 Å². The van der Waals surface area contributed by atoms with Gasteiger partial charge in [0, 0.05) is 5.69 Å². The topological polar surface area (TPSA) is 85.8 Å². The van der Waals surface area contributed by atoms with Gasteiger partial charge < -0.3 is 11.1 Å². The van der Waals surface area contributed by atoms with Crippen molar-refractivity contribution in [1.29, 1.82) is 0 Å². The molecule has 2 aromatic carbocycles. The number of benzene rings is 2. The molecule has 0 bridgehead atoms. The van der Waals surface area contributed by atoms with Crippen LogP contribution in [0.15, 0.2) is 48.7 Å². The van der Waals surface area contributed by atoms with E-state index in [-0.39, 0.29) is 23.5 Å². The molecule has 4 rings (SSSR count). The third-order valence-corrected chi connectivity index (χ3v) is 4.79. The molecule has 1 aliphatic carbocycles. The molecule has 0 aliphatic heterocycles. The maximum atomic E-state index is 13.3. The number of carbonyl (C=O) groups excluding carboxylic acids is 1. The first-order valence-electron chi connectivity index (χ1n) is 8.92. The van der Waals surface area contributed by atoms with E-state index in [4.69, 9.17) is 5.73 Å². The van der Waals surface area contributed by atoms with Gasteiger partial charge in [-0.05, 0) is 60.2 Å². The average molecular weight is 365 g/mol. The number of hydrogen-bond donors (Lipinski definition) is 2. The lowest BCUT2D eigenvalue weighted by molar-refractivity contribution is 0.0927. The van der Waals surface area contributed by atoms with E-state index in [1.54, 1.807) is 18.3 Å². The van der Waals surface area contributed by atoms with Gasteiger partial charge >= 0.3 is 0 Å². The molecule has 1 atom stereocenters. The summed E-state index contributed by atoms with van der Waals surface area (Å²) in [7, 11) is 0. The lowest BCUT2D eigenvalue weighted by Crippen LogP contribution is -2.31. The number of aryl methyl sites for hydroxylation is 1. The van der Waals surface area contributed by atoms with Crippen molar-refractivity contribution in [2.45, 2.75) is 31.8 Å². The Morgan fingerprint density at radius 3 is 3.04 bits per heavy atom. The van der Waals surface area contributed by atoms with E-state index in [1.165, 1.54) is 22.4 Å². The first-order chi connectivity index (χ1) is 13.1. The van der Waals surface area contributed by atoms with Crippen LogP contribution in [0.25, 0.3) is 0 Å². The zero-order chi connectivity index (χ0) is 18.8. The molecular formula is C20H20FN5O. The second-order valence-electron chi connectivity index (χ2n) is 6.81. The molecule has 3 N–H and O–H groups in total. The Balaban J connectivity index is 1.46. The predicted molar refractivity (Wildman–Crippen MR) is 99.5 cm³/mol. The predicted octanol–water partition coefficient (Wildman–Crippen LogP) is 2.86. The molecule has 1 unspecified atom stereocenters. The molecule has 1 heterocycles. The molecule has 0 fully saturated rings. The lowest BCUT2D eigenvalue weighted by Gasteiger charge is -2.26. The van der Waals surface area contributed by atoms with Gasteiger partial charge in [-0.1, -0.05) is 23.4 Å². The van der Waals surface area contributed by atoms with Crippen LogP contribution in [-0.4, -0.2) is 20.9 Å². The number of nitrogen functional groups attached to an aromatic ring is 1. The minimum absolute atomic E-state index is 0.0600. The van der Waals surface area contributed by atoms with Crippen LogP contribution in [0, 0.1) is 5.82 Å². The van der Waals surface area contributed by atoms with Crippen LogP contribution in [0.4, 0.5) is 10.1 Å². The Labute approximate surface area is 156 Å². The van der Waals surface area contributed by atoms with Crippen LogP contribution >= 0.6 is 0 Å². The zero-order valence-corrected chi connectivity index (χ0v) is 14.7. The Bertz CT molecular complexity index is 984. The summed E-state index contributed by atoms with van der Waals surface area (Å²) in [5.41, 5.74) is 9.89. The molecule has 6 nitrogen and oxygen atoms in total. The smallest absolute Gasteiger partial charge is 0.273 e. The summed E-state index contributed by atoms with van der Waals surface area (Å²) in [4.78, 5) is 12.6. The molecule has 1 aliphatic rings. The highest BCUT2D eigenvalue weighted by Crippen LogP contribution is 2.31. The number of nitrogens with two attached hydrogens (primary N) is 1. The fourth-order valence-corrected chi connectivity index (χ4v) is 3.52. The van der Waals surface area contributed by atoms with Gasteiger partial charge in [-0.15, -0.1) is 5.10 Å². The number of rotatable bonds is 4. The summed E-state index contributed by atoms with van der Waals surface area (Å²) in [6, 6.07) is 12.0. The van der Waals surface area contributed by atoms with Crippen molar-refractivity contribution in [2.75, 3.05) is 5.73 Å². The Kier molecular flexibility index (Phi) is 4.58. The van der Waals surface area contributed by atoms with E-state index in [0.717, 1.165) is 36.1 Å². The van der Waals surface area contributed by atoms with Crippen molar-refractivity contribution in [2.24, 2.45) is 0 Å². The van der Waals surface area contributed by atoms with Gasteiger partial charge in [0.1, 0.15) is 5.82 Å². The molecule has 0 spiro atoms. The molecule has 3 aromatic rings. The second kappa shape index (κ2) is 7.19. The molecule has 1 aromatic heterocycles. The van der Waals surface area contributed by atoms with Crippen molar-refractivity contribution < 1.29 is 9.18 Å². The molecule has 0 radical (unpaired) electrons. The van der Waals surface area contributed by atoms with Crippen LogP contribution in [0.5, 0.6) is 0 Å². The largest absolute Gasteiger partial charge is 0.399 e. The standard InChI is InChI=1S/C20H20FN5O/c21-15-5-1-3-13(9-15)11-26-12-19(24-25-26)20(27)23-18-6-2-4-14-10-16(22)7-8-17(14)18/h1,3,5,7-10,12,18H,2,4,6,11,22H2,(H,23,27). The van der Waals surface area contributed by atoms with Crippen LogP contribution in [0.1, 0.15) is 46.1 Å². The number of aromatic nitrogens is 3. The maximum Gasteiger partial charge on any atom is 0.273 e. The molecule has 0 saturated carbocycles. The van der Waals surface area contributed by atoms with Crippen LogP contribution in [0.3, 0.4) is 0 Å². The van der Waals surface area contributed by atoms with Gasteiger partial charge in [-0.25, -0.2) is 9.07 Å². The fourth-order valence-electron chi connectivity index (χ4n) is 3.52. The van der Waals surface area contributed by atoms with E-state index < -0.39 is 0 Å². The van der Waals surface area contributed by atoms with E-state index in [9.17, 15) is 9.18 Å². The fraction of sp³-hybridized carbons (Fsp3) is 0.250. The highest BCUT2D eigenvalue weighted by atomic mass is 19.1. The Hall–Kier alpha value is -3.22. The molecule has 7 heteroatoms. The summed E-state index contributed by atoms with van der Waals surface area (Å²) >= 11 is 0. The number of nitrogens with one attached hydrogen (secondary N) is 1. The summed E-state index contributed by atoms with van der Waals surface area (Å²) in [6.45, 7) is 0.351. The number of halogens is 1. The van der Waals surface area contributed by atoms with Crippen molar-refractivity contribution in [3.63, 3.8) is 0 Å². The van der Waals surface area contributed by atoms with Crippen molar-refractivity contribution >= 4 is 11.6 Å². The third kappa shape index (κ3) is 3.81. The number of nitrogens with zero attached hydrogens (tertiary/aromatic N) is 3. The second-order valence-corrected chi connectivity index (χ2v) is 6.81.